The normalized spacial score (nSPS) is 19.2. The van der Waals surface area contributed by atoms with Gasteiger partial charge >= 0.3 is 0 Å². The first-order valence-electron chi connectivity index (χ1n) is 7.69. The standard InChI is InChI=1S/C17H24N4/c1-14-16(12-20(2)19-14)10-18-17-8-9-21(13-17)11-15-6-4-3-5-7-15/h3-7,12,17-18H,8-11,13H2,1-2H3. The molecule has 1 fully saturated rings. The molecule has 0 amide bonds. The Morgan fingerprint density at radius 1 is 1.29 bits per heavy atom. The van der Waals surface area contributed by atoms with Gasteiger partial charge in [0.1, 0.15) is 0 Å². The Hall–Kier alpha value is -1.65. The lowest BCUT2D eigenvalue weighted by molar-refractivity contribution is 0.320. The van der Waals surface area contributed by atoms with Crippen molar-refractivity contribution in [1.29, 1.82) is 0 Å². The van der Waals surface area contributed by atoms with E-state index in [4.69, 9.17) is 0 Å². The van der Waals surface area contributed by atoms with Crippen molar-refractivity contribution in [3.8, 4) is 0 Å². The highest BCUT2D eigenvalue weighted by molar-refractivity contribution is 5.16. The quantitative estimate of drug-likeness (QED) is 0.912. The van der Waals surface area contributed by atoms with Crippen LogP contribution in [-0.4, -0.2) is 33.8 Å². The van der Waals surface area contributed by atoms with Crippen molar-refractivity contribution in [3.63, 3.8) is 0 Å². The third-order valence-corrected chi connectivity index (χ3v) is 4.22. The van der Waals surface area contributed by atoms with Crippen LogP contribution in [0.3, 0.4) is 0 Å². The molecule has 2 heterocycles. The number of hydrogen-bond donors (Lipinski definition) is 1. The molecular formula is C17H24N4. The maximum absolute atomic E-state index is 4.39. The number of rotatable bonds is 5. The summed E-state index contributed by atoms with van der Waals surface area (Å²) in [7, 11) is 1.98. The molecule has 1 atom stereocenters. The largest absolute Gasteiger partial charge is 0.308 e. The van der Waals surface area contributed by atoms with Gasteiger partial charge in [-0.3, -0.25) is 9.58 Å². The van der Waals surface area contributed by atoms with Gasteiger partial charge in [0.15, 0.2) is 0 Å². The molecule has 1 aromatic carbocycles. The third-order valence-electron chi connectivity index (χ3n) is 4.22. The number of likely N-dealkylation sites (tertiary alicyclic amines) is 1. The lowest BCUT2D eigenvalue weighted by Crippen LogP contribution is -2.32. The first kappa shape index (κ1) is 14.3. The molecule has 3 rings (SSSR count). The average Bonchev–Trinajstić information content (AvgIpc) is 3.04. The predicted molar refractivity (Wildman–Crippen MR) is 84.9 cm³/mol. The van der Waals surface area contributed by atoms with E-state index >= 15 is 0 Å². The molecule has 1 aliphatic rings. The van der Waals surface area contributed by atoms with Crippen LogP contribution in [0.4, 0.5) is 0 Å². The molecule has 1 unspecified atom stereocenters. The van der Waals surface area contributed by atoms with Crippen LogP contribution in [0.1, 0.15) is 23.2 Å². The molecule has 4 heteroatoms. The van der Waals surface area contributed by atoms with Crippen molar-refractivity contribution >= 4 is 0 Å². The third kappa shape index (κ3) is 3.71. The summed E-state index contributed by atoms with van der Waals surface area (Å²) in [6, 6.07) is 11.3. The van der Waals surface area contributed by atoms with Gasteiger partial charge in [0.25, 0.3) is 0 Å². The second kappa shape index (κ2) is 6.41. The molecule has 21 heavy (non-hydrogen) atoms. The number of aromatic nitrogens is 2. The van der Waals surface area contributed by atoms with Crippen molar-refractivity contribution in [2.24, 2.45) is 7.05 Å². The lowest BCUT2D eigenvalue weighted by Gasteiger charge is -2.16. The zero-order chi connectivity index (χ0) is 14.7. The van der Waals surface area contributed by atoms with Gasteiger partial charge in [-0.25, -0.2) is 0 Å². The van der Waals surface area contributed by atoms with Gasteiger partial charge in [-0.1, -0.05) is 30.3 Å². The molecule has 0 bridgehead atoms. The molecule has 0 spiro atoms. The average molecular weight is 284 g/mol. The van der Waals surface area contributed by atoms with E-state index in [0.29, 0.717) is 6.04 Å². The number of benzene rings is 1. The molecule has 112 valence electrons. The molecule has 1 saturated heterocycles. The molecule has 1 aromatic heterocycles. The number of nitrogens with one attached hydrogen (secondary N) is 1. The SMILES string of the molecule is Cc1nn(C)cc1CNC1CCN(Cc2ccccc2)C1. The van der Waals surface area contributed by atoms with Gasteiger partial charge in [-0.2, -0.15) is 5.10 Å². The second-order valence-corrected chi connectivity index (χ2v) is 6.00. The fraction of sp³-hybridized carbons (Fsp3) is 0.471. The van der Waals surface area contributed by atoms with E-state index in [1.807, 2.05) is 11.7 Å². The van der Waals surface area contributed by atoms with Crippen LogP contribution in [0.2, 0.25) is 0 Å². The monoisotopic (exact) mass is 284 g/mol. The summed E-state index contributed by atoms with van der Waals surface area (Å²) < 4.78 is 1.89. The van der Waals surface area contributed by atoms with Crippen molar-refractivity contribution in [3.05, 3.63) is 53.3 Å². The summed E-state index contributed by atoms with van der Waals surface area (Å²) in [5.74, 6) is 0. The van der Waals surface area contributed by atoms with Crippen LogP contribution in [0.15, 0.2) is 36.5 Å². The maximum Gasteiger partial charge on any atom is 0.0638 e. The number of hydrogen-bond acceptors (Lipinski definition) is 3. The first-order valence-corrected chi connectivity index (χ1v) is 7.69. The Kier molecular flexibility index (Phi) is 4.36. The topological polar surface area (TPSA) is 33.1 Å². The molecular weight excluding hydrogens is 260 g/mol. The minimum absolute atomic E-state index is 0.591. The Labute approximate surface area is 126 Å². The Morgan fingerprint density at radius 2 is 2.10 bits per heavy atom. The summed E-state index contributed by atoms with van der Waals surface area (Å²) >= 11 is 0. The summed E-state index contributed by atoms with van der Waals surface area (Å²) in [6.07, 6.45) is 3.34. The van der Waals surface area contributed by atoms with Gasteiger partial charge < -0.3 is 5.32 Å². The fourth-order valence-corrected chi connectivity index (χ4v) is 3.06. The molecule has 2 aromatic rings. The fourth-order valence-electron chi connectivity index (χ4n) is 3.06. The van der Waals surface area contributed by atoms with E-state index < -0.39 is 0 Å². The van der Waals surface area contributed by atoms with Gasteiger partial charge in [-0.05, 0) is 18.9 Å². The smallest absolute Gasteiger partial charge is 0.0638 e. The zero-order valence-corrected chi connectivity index (χ0v) is 12.9. The summed E-state index contributed by atoms with van der Waals surface area (Å²) in [6.45, 7) is 6.37. The van der Waals surface area contributed by atoms with Crippen LogP contribution in [0.5, 0.6) is 0 Å². The van der Waals surface area contributed by atoms with E-state index in [0.717, 1.165) is 25.3 Å². The first-order chi connectivity index (χ1) is 10.2. The highest BCUT2D eigenvalue weighted by Gasteiger charge is 2.22. The summed E-state index contributed by atoms with van der Waals surface area (Å²) in [5.41, 5.74) is 3.84. The van der Waals surface area contributed by atoms with Crippen molar-refractivity contribution in [2.45, 2.75) is 32.5 Å². The van der Waals surface area contributed by atoms with Crippen LogP contribution >= 0.6 is 0 Å². The van der Waals surface area contributed by atoms with E-state index in [1.165, 1.54) is 24.1 Å². The predicted octanol–water partition coefficient (Wildman–Crippen LogP) is 2.09. The van der Waals surface area contributed by atoms with Crippen LogP contribution in [0.25, 0.3) is 0 Å². The van der Waals surface area contributed by atoms with Crippen LogP contribution in [0, 0.1) is 6.92 Å². The van der Waals surface area contributed by atoms with Crippen molar-refractivity contribution in [2.75, 3.05) is 13.1 Å². The van der Waals surface area contributed by atoms with Crippen molar-refractivity contribution < 1.29 is 0 Å². The van der Waals surface area contributed by atoms with Crippen LogP contribution < -0.4 is 5.32 Å². The molecule has 1 N–H and O–H groups in total. The molecule has 1 aliphatic heterocycles. The molecule has 0 aliphatic carbocycles. The van der Waals surface area contributed by atoms with Gasteiger partial charge in [0.2, 0.25) is 0 Å². The van der Waals surface area contributed by atoms with E-state index in [9.17, 15) is 0 Å². The van der Waals surface area contributed by atoms with Crippen LogP contribution in [-0.2, 0) is 20.1 Å². The Balaban J connectivity index is 1.47. The molecule has 0 radical (unpaired) electrons. The lowest BCUT2D eigenvalue weighted by atomic mass is 10.2. The zero-order valence-electron chi connectivity index (χ0n) is 12.9. The molecule has 4 nitrogen and oxygen atoms in total. The number of aryl methyl sites for hydroxylation is 2. The van der Waals surface area contributed by atoms with E-state index in [-0.39, 0.29) is 0 Å². The van der Waals surface area contributed by atoms with Gasteiger partial charge in [0, 0.05) is 51.0 Å². The Morgan fingerprint density at radius 3 is 2.81 bits per heavy atom. The Bertz CT molecular complexity index is 576. The highest BCUT2D eigenvalue weighted by Crippen LogP contribution is 2.14. The summed E-state index contributed by atoms with van der Waals surface area (Å²) in [4.78, 5) is 2.53. The molecule has 0 saturated carbocycles. The highest BCUT2D eigenvalue weighted by atomic mass is 15.3. The van der Waals surface area contributed by atoms with Crippen molar-refractivity contribution in [1.82, 2.24) is 20.0 Å². The number of nitrogens with zero attached hydrogens (tertiary/aromatic N) is 3. The second-order valence-electron chi connectivity index (χ2n) is 6.00. The van der Waals surface area contributed by atoms with Gasteiger partial charge in [-0.15, -0.1) is 0 Å². The minimum atomic E-state index is 0.591. The van der Waals surface area contributed by atoms with E-state index in [2.05, 4.69) is 58.8 Å². The van der Waals surface area contributed by atoms with E-state index in [1.54, 1.807) is 0 Å². The maximum atomic E-state index is 4.39. The minimum Gasteiger partial charge on any atom is -0.308 e. The summed E-state index contributed by atoms with van der Waals surface area (Å²) in [5, 5.41) is 8.07. The van der Waals surface area contributed by atoms with Gasteiger partial charge in [0.05, 0.1) is 5.69 Å².